The number of likely N-dealkylation sites (N-methyl/N-ethyl adjacent to an activating group) is 2. The summed E-state index contributed by atoms with van der Waals surface area (Å²) in [4.78, 5) is 17.4. The van der Waals surface area contributed by atoms with E-state index in [1.54, 1.807) is 0 Å². The number of nitriles is 2. The average molecular weight is 553 g/mol. The van der Waals surface area contributed by atoms with Gasteiger partial charge in [-0.3, -0.25) is 4.79 Å². The Kier molecular flexibility index (Phi) is 7.40. The molecule has 5 rings (SSSR count). The van der Waals surface area contributed by atoms with E-state index in [4.69, 9.17) is 0 Å². The molecule has 0 amide bonds. The second-order valence-corrected chi connectivity index (χ2v) is 12.1. The first-order valence-corrected chi connectivity index (χ1v) is 14.3. The lowest BCUT2D eigenvalue weighted by molar-refractivity contribution is -0.111. The van der Waals surface area contributed by atoms with Crippen molar-refractivity contribution in [2.45, 2.75) is 51.4 Å². The molecule has 3 aliphatic rings. The molecule has 2 aliphatic heterocycles. The number of ketones is 1. The van der Waals surface area contributed by atoms with Crippen molar-refractivity contribution in [3.8, 4) is 12.1 Å². The maximum absolute atomic E-state index is 13.0. The largest absolute Gasteiger partial charge is 0.347 e. The summed E-state index contributed by atoms with van der Waals surface area (Å²) >= 11 is 0. The molecule has 0 N–H and O–H groups in total. The Labute approximate surface area is 249 Å². The first kappa shape index (κ1) is 28.7. The molecule has 1 saturated carbocycles. The predicted molar refractivity (Wildman–Crippen MR) is 170 cm³/mol. The molecule has 0 saturated heterocycles. The van der Waals surface area contributed by atoms with Gasteiger partial charge in [0, 0.05) is 58.8 Å². The molecule has 2 aromatic carbocycles. The van der Waals surface area contributed by atoms with E-state index in [0.717, 1.165) is 57.9 Å². The number of nitrogens with zero attached hydrogens (tertiary/aromatic N) is 4. The van der Waals surface area contributed by atoms with E-state index in [2.05, 4.69) is 61.8 Å². The van der Waals surface area contributed by atoms with Crippen molar-refractivity contribution in [1.29, 1.82) is 10.5 Å². The average Bonchev–Trinajstić information content (AvgIpc) is 3.49. The van der Waals surface area contributed by atoms with E-state index in [1.807, 2.05) is 86.9 Å². The van der Waals surface area contributed by atoms with Crippen LogP contribution in [0.3, 0.4) is 0 Å². The van der Waals surface area contributed by atoms with Gasteiger partial charge in [-0.2, -0.15) is 10.5 Å². The van der Waals surface area contributed by atoms with Gasteiger partial charge in [0.05, 0.1) is 23.3 Å². The zero-order valence-corrected chi connectivity index (χ0v) is 25.2. The van der Waals surface area contributed by atoms with Crippen LogP contribution in [0.4, 0.5) is 11.4 Å². The van der Waals surface area contributed by atoms with Crippen LogP contribution in [0, 0.1) is 22.7 Å². The predicted octanol–water partition coefficient (Wildman–Crippen LogP) is 7.68. The van der Waals surface area contributed by atoms with Gasteiger partial charge in [0.2, 0.25) is 0 Å². The molecule has 1 aliphatic carbocycles. The fourth-order valence-electron chi connectivity index (χ4n) is 6.47. The Bertz CT molecular complexity index is 1620. The monoisotopic (exact) mass is 552 g/mol. The third-order valence-electron chi connectivity index (χ3n) is 8.90. The summed E-state index contributed by atoms with van der Waals surface area (Å²) in [5.41, 5.74) is 9.34. The molecule has 2 aromatic rings. The second kappa shape index (κ2) is 10.8. The van der Waals surface area contributed by atoms with E-state index in [1.165, 1.54) is 0 Å². The van der Waals surface area contributed by atoms with Gasteiger partial charge in [0.15, 0.2) is 5.78 Å². The Morgan fingerprint density at radius 2 is 1.05 bits per heavy atom. The number of fused-ring (bicyclic) bond motifs is 2. The fraction of sp³-hybridized carbons (Fsp3) is 0.270. The van der Waals surface area contributed by atoms with Crippen molar-refractivity contribution in [3.05, 3.63) is 130 Å². The minimum absolute atomic E-state index is 0.106. The summed E-state index contributed by atoms with van der Waals surface area (Å²) in [5.74, 6) is 0.106. The molecule has 5 heteroatoms. The maximum Gasteiger partial charge on any atom is 0.185 e. The number of allylic oxidation sites excluding steroid dienone is 12. The summed E-state index contributed by atoms with van der Waals surface area (Å²) in [6, 6.07) is 16.2. The lowest BCUT2D eigenvalue weighted by atomic mass is 9.83. The molecule has 210 valence electrons. The highest BCUT2D eigenvalue weighted by Crippen LogP contribution is 2.48. The molecular formula is C37H36N4O. The van der Waals surface area contributed by atoms with Crippen LogP contribution in [-0.4, -0.2) is 19.9 Å². The molecule has 0 aromatic heterocycles. The topological polar surface area (TPSA) is 71.1 Å². The number of Topliss-reactive ketones (excluding diaryl/α,β-unsaturated/α-hetero) is 1. The Hall–Kier alpha value is -4.87. The summed E-state index contributed by atoms with van der Waals surface area (Å²) in [5, 5.41) is 18.6. The molecule has 0 atom stereocenters. The molecule has 5 nitrogen and oxygen atoms in total. The van der Waals surface area contributed by atoms with Gasteiger partial charge in [-0.1, -0.05) is 64.2 Å². The number of anilines is 2. The van der Waals surface area contributed by atoms with Crippen molar-refractivity contribution in [1.82, 2.24) is 0 Å². The third-order valence-corrected chi connectivity index (χ3v) is 8.90. The highest BCUT2D eigenvalue weighted by Gasteiger charge is 2.39. The maximum atomic E-state index is 13.0. The van der Waals surface area contributed by atoms with Crippen LogP contribution >= 0.6 is 0 Å². The second-order valence-electron chi connectivity index (χ2n) is 12.1. The first-order valence-electron chi connectivity index (χ1n) is 14.3. The zero-order chi connectivity index (χ0) is 30.2. The van der Waals surface area contributed by atoms with E-state index in [-0.39, 0.29) is 16.6 Å². The molecule has 2 heterocycles. The van der Waals surface area contributed by atoms with Gasteiger partial charge in [0.25, 0.3) is 0 Å². The van der Waals surface area contributed by atoms with E-state index in [0.29, 0.717) is 11.1 Å². The van der Waals surface area contributed by atoms with Gasteiger partial charge in [-0.25, -0.2) is 0 Å². The minimum atomic E-state index is -0.222. The Morgan fingerprint density at radius 1 is 0.667 bits per heavy atom. The minimum Gasteiger partial charge on any atom is -0.347 e. The smallest absolute Gasteiger partial charge is 0.185 e. The normalized spacial score (nSPS) is 22.6. The highest BCUT2D eigenvalue weighted by molar-refractivity contribution is 6.11. The lowest BCUT2D eigenvalue weighted by Gasteiger charge is -2.23. The molecule has 0 bridgehead atoms. The number of carbonyl (C=O) groups is 1. The van der Waals surface area contributed by atoms with Crippen molar-refractivity contribution in [3.63, 3.8) is 0 Å². The van der Waals surface area contributed by atoms with E-state index < -0.39 is 0 Å². The molecule has 42 heavy (non-hydrogen) atoms. The van der Waals surface area contributed by atoms with Crippen molar-refractivity contribution in [2.24, 2.45) is 0 Å². The van der Waals surface area contributed by atoms with Crippen molar-refractivity contribution in [2.75, 3.05) is 23.9 Å². The Balaban J connectivity index is 1.27. The lowest BCUT2D eigenvalue weighted by Crippen LogP contribution is -2.22. The van der Waals surface area contributed by atoms with Gasteiger partial charge in [0.1, 0.15) is 0 Å². The van der Waals surface area contributed by atoms with Crippen LogP contribution in [0.15, 0.2) is 108 Å². The fourth-order valence-corrected chi connectivity index (χ4v) is 6.47. The van der Waals surface area contributed by atoms with Gasteiger partial charge in [-0.05, 0) is 72.5 Å². The number of carbonyl (C=O) groups excluding carboxylic acids is 1. The van der Waals surface area contributed by atoms with Crippen LogP contribution in [0.25, 0.3) is 0 Å². The number of hydrogen-bond donors (Lipinski definition) is 0. The summed E-state index contributed by atoms with van der Waals surface area (Å²) in [6.07, 6.45) is 17.4. The molecular weight excluding hydrogens is 516 g/mol. The third kappa shape index (κ3) is 4.82. The summed E-state index contributed by atoms with van der Waals surface area (Å²) in [7, 11) is 4.10. The van der Waals surface area contributed by atoms with Crippen LogP contribution in [0.5, 0.6) is 0 Å². The van der Waals surface area contributed by atoms with Crippen LogP contribution in [0.1, 0.15) is 62.8 Å². The quantitative estimate of drug-likeness (QED) is 0.364. The van der Waals surface area contributed by atoms with Crippen LogP contribution in [0.2, 0.25) is 0 Å². The summed E-state index contributed by atoms with van der Waals surface area (Å²) < 4.78 is 0. The molecule has 0 unspecified atom stereocenters. The standard InChI is InChI=1S/C37H36N4O/c1-36(2)29-21-25(23-38)15-19-31(29)40(5)33(36)13-9-7-11-27-17-18-28(35(27)42)12-8-10-14-34-37(3,4)30-22-26(24-39)16-20-32(30)41(34)6/h7-16,19-22H,17-18H2,1-6H3/b9-7+,10-8+,27-11+,28-12+,33-13+,34-14+. The number of rotatable bonds is 4. The van der Waals surface area contributed by atoms with Crippen molar-refractivity contribution < 1.29 is 4.79 Å². The first-order chi connectivity index (χ1) is 20.0. The van der Waals surface area contributed by atoms with Crippen LogP contribution in [-0.2, 0) is 15.6 Å². The van der Waals surface area contributed by atoms with Gasteiger partial charge in [-0.15, -0.1) is 0 Å². The van der Waals surface area contributed by atoms with Gasteiger partial charge < -0.3 is 9.80 Å². The number of hydrogen-bond acceptors (Lipinski definition) is 5. The van der Waals surface area contributed by atoms with E-state index in [9.17, 15) is 15.3 Å². The number of benzene rings is 2. The van der Waals surface area contributed by atoms with E-state index >= 15 is 0 Å². The summed E-state index contributed by atoms with van der Waals surface area (Å²) in [6.45, 7) is 8.69. The molecule has 0 radical (unpaired) electrons. The highest BCUT2D eigenvalue weighted by atomic mass is 16.1. The Morgan fingerprint density at radius 3 is 1.43 bits per heavy atom. The van der Waals surface area contributed by atoms with Gasteiger partial charge >= 0.3 is 0 Å². The molecule has 1 fully saturated rings. The SMILES string of the molecule is CN1/C(=C/C=C/C=C2\CC\C(=C/C=C/C=C3/N(C)c4ccc(C#N)cc4C3(C)C)C2=O)C(C)(C)c2cc(C#N)ccc21. The van der Waals surface area contributed by atoms with Crippen LogP contribution < -0.4 is 9.80 Å². The zero-order valence-electron chi connectivity index (χ0n) is 25.2. The van der Waals surface area contributed by atoms with Crippen molar-refractivity contribution >= 4 is 17.2 Å². The molecule has 0 spiro atoms.